The molecule has 13 heavy (non-hydrogen) atoms. The predicted molar refractivity (Wildman–Crippen MR) is 62.0 cm³/mol. The number of rotatable bonds is 4. The quantitative estimate of drug-likeness (QED) is 0.637. The fraction of sp³-hybridized carbons (Fsp3) is 0.600. The third-order valence-corrected chi connectivity index (χ3v) is 3.96. The van der Waals surface area contributed by atoms with Crippen LogP contribution in [0.2, 0.25) is 5.02 Å². The van der Waals surface area contributed by atoms with E-state index in [1.54, 1.807) is 11.3 Å². The molecular weight excluding hydrogens is 223 g/mol. The molecule has 0 saturated heterocycles. The molecule has 0 aliphatic carbocycles. The van der Waals surface area contributed by atoms with Crippen molar-refractivity contribution in [2.24, 2.45) is 5.92 Å². The summed E-state index contributed by atoms with van der Waals surface area (Å²) in [5.74, 6) is 0.708. The fourth-order valence-corrected chi connectivity index (χ4v) is 2.79. The van der Waals surface area contributed by atoms with Gasteiger partial charge in [0.2, 0.25) is 0 Å². The number of halogens is 2. The molecule has 1 rings (SSSR count). The lowest BCUT2D eigenvalue weighted by atomic mass is 10.1. The smallest absolute Gasteiger partial charge is 0.0693 e. The minimum absolute atomic E-state index is 0.0925. The Labute approximate surface area is 93.9 Å². The zero-order valence-corrected chi connectivity index (χ0v) is 10.2. The Morgan fingerprint density at radius 3 is 2.54 bits per heavy atom. The molecule has 1 heterocycles. The van der Waals surface area contributed by atoms with Gasteiger partial charge in [-0.25, -0.2) is 0 Å². The van der Waals surface area contributed by atoms with Crippen molar-refractivity contribution in [2.45, 2.75) is 32.1 Å². The van der Waals surface area contributed by atoms with Crippen LogP contribution >= 0.6 is 34.5 Å². The summed E-state index contributed by atoms with van der Waals surface area (Å²) in [6.07, 6.45) is 2.17. The lowest BCUT2D eigenvalue weighted by Gasteiger charge is -2.09. The van der Waals surface area contributed by atoms with Crippen molar-refractivity contribution in [3.63, 3.8) is 0 Å². The molecule has 0 radical (unpaired) electrons. The van der Waals surface area contributed by atoms with Gasteiger partial charge in [-0.05, 0) is 30.2 Å². The Morgan fingerprint density at radius 1 is 1.38 bits per heavy atom. The summed E-state index contributed by atoms with van der Waals surface area (Å²) < 4.78 is 0. The number of thiophene rings is 1. The molecule has 1 aromatic heterocycles. The van der Waals surface area contributed by atoms with E-state index in [0.29, 0.717) is 5.92 Å². The van der Waals surface area contributed by atoms with Crippen LogP contribution < -0.4 is 0 Å². The van der Waals surface area contributed by atoms with Crippen LogP contribution in [0.15, 0.2) is 11.4 Å². The Kier molecular flexibility index (Phi) is 4.57. The maximum Gasteiger partial charge on any atom is 0.0693 e. The van der Waals surface area contributed by atoms with E-state index in [2.05, 4.69) is 13.8 Å². The zero-order valence-electron chi connectivity index (χ0n) is 7.89. The average Bonchev–Trinajstić information content (AvgIpc) is 2.47. The molecule has 0 aromatic carbocycles. The molecule has 1 atom stereocenters. The number of hydrogen-bond acceptors (Lipinski definition) is 1. The van der Waals surface area contributed by atoms with E-state index in [1.165, 1.54) is 0 Å². The second kappa shape index (κ2) is 5.23. The molecule has 0 saturated carbocycles. The van der Waals surface area contributed by atoms with E-state index in [4.69, 9.17) is 23.2 Å². The van der Waals surface area contributed by atoms with Crippen molar-refractivity contribution in [1.29, 1.82) is 0 Å². The van der Waals surface area contributed by atoms with Crippen molar-refractivity contribution in [3.05, 3.63) is 21.3 Å². The van der Waals surface area contributed by atoms with Crippen LogP contribution in [0.4, 0.5) is 0 Å². The van der Waals surface area contributed by atoms with Gasteiger partial charge in [-0.2, -0.15) is 0 Å². The highest BCUT2D eigenvalue weighted by atomic mass is 35.5. The lowest BCUT2D eigenvalue weighted by molar-refractivity contribution is 0.551. The van der Waals surface area contributed by atoms with E-state index in [9.17, 15) is 0 Å². The van der Waals surface area contributed by atoms with Gasteiger partial charge in [0.15, 0.2) is 0 Å². The lowest BCUT2D eigenvalue weighted by Crippen LogP contribution is -1.92. The standard InChI is InChI=1S/C10H14Cl2S/c1-7(2)3-4-8(11)10-9(12)5-6-13-10/h5-8H,3-4H2,1-2H3. The molecule has 0 amide bonds. The third kappa shape index (κ3) is 3.49. The molecule has 0 spiro atoms. The maximum atomic E-state index is 6.22. The molecule has 1 unspecified atom stereocenters. The Hall–Kier alpha value is 0.280. The largest absolute Gasteiger partial charge is 0.146 e. The van der Waals surface area contributed by atoms with Gasteiger partial charge in [-0.1, -0.05) is 25.4 Å². The minimum Gasteiger partial charge on any atom is -0.146 e. The second-order valence-corrected chi connectivity index (χ2v) is 5.45. The highest BCUT2D eigenvalue weighted by Crippen LogP contribution is 2.36. The van der Waals surface area contributed by atoms with Crippen molar-refractivity contribution in [2.75, 3.05) is 0 Å². The fourth-order valence-electron chi connectivity index (χ4n) is 1.14. The van der Waals surface area contributed by atoms with Crippen molar-refractivity contribution in [3.8, 4) is 0 Å². The summed E-state index contributed by atoms with van der Waals surface area (Å²) in [6.45, 7) is 4.42. The topological polar surface area (TPSA) is 0 Å². The third-order valence-electron chi connectivity index (χ3n) is 1.93. The summed E-state index contributed by atoms with van der Waals surface area (Å²) in [5, 5.41) is 2.89. The Bertz CT molecular complexity index is 255. The highest BCUT2D eigenvalue weighted by Gasteiger charge is 2.13. The first-order valence-corrected chi connectivity index (χ1v) is 6.17. The predicted octanol–water partition coefficient (Wildman–Crippen LogP) is 5.12. The molecule has 0 aliphatic heterocycles. The van der Waals surface area contributed by atoms with Crippen LogP contribution in [0.5, 0.6) is 0 Å². The van der Waals surface area contributed by atoms with Crippen LogP contribution in [-0.2, 0) is 0 Å². The Balaban J connectivity index is 2.49. The number of alkyl halides is 1. The monoisotopic (exact) mass is 236 g/mol. The van der Waals surface area contributed by atoms with Gasteiger partial charge in [0.25, 0.3) is 0 Å². The molecule has 0 bridgehead atoms. The van der Waals surface area contributed by atoms with Gasteiger partial charge in [0.1, 0.15) is 0 Å². The summed E-state index contributed by atoms with van der Waals surface area (Å²) >= 11 is 13.8. The first kappa shape index (κ1) is 11.4. The first-order chi connectivity index (χ1) is 6.11. The van der Waals surface area contributed by atoms with Gasteiger partial charge >= 0.3 is 0 Å². The van der Waals surface area contributed by atoms with Crippen LogP contribution in [0.3, 0.4) is 0 Å². The van der Waals surface area contributed by atoms with Gasteiger partial charge in [0, 0.05) is 4.88 Å². The molecule has 0 aliphatic rings. The van der Waals surface area contributed by atoms with Gasteiger partial charge < -0.3 is 0 Å². The molecule has 0 nitrogen and oxygen atoms in total. The van der Waals surface area contributed by atoms with Gasteiger partial charge in [-0.3, -0.25) is 0 Å². The van der Waals surface area contributed by atoms with Crippen LogP contribution in [0.25, 0.3) is 0 Å². The van der Waals surface area contributed by atoms with E-state index < -0.39 is 0 Å². The van der Waals surface area contributed by atoms with Crippen molar-refractivity contribution in [1.82, 2.24) is 0 Å². The average molecular weight is 237 g/mol. The number of hydrogen-bond donors (Lipinski definition) is 0. The first-order valence-electron chi connectivity index (χ1n) is 4.48. The van der Waals surface area contributed by atoms with Gasteiger partial charge in [0.05, 0.1) is 10.4 Å². The molecule has 0 fully saturated rings. The summed E-state index contributed by atoms with van der Waals surface area (Å²) in [5.41, 5.74) is 0. The summed E-state index contributed by atoms with van der Waals surface area (Å²) in [4.78, 5) is 1.11. The molecule has 74 valence electrons. The highest BCUT2D eigenvalue weighted by molar-refractivity contribution is 7.11. The zero-order chi connectivity index (χ0) is 9.84. The molecule has 0 N–H and O–H groups in total. The van der Waals surface area contributed by atoms with E-state index in [-0.39, 0.29) is 5.38 Å². The molecule has 3 heteroatoms. The van der Waals surface area contributed by atoms with Crippen LogP contribution in [0.1, 0.15) is 36.9 Å². The van der Waals surface area contributed by atoms with Crippen molar-refractivity contribution >= 4 is 34.5 Å². The summed E-state index contributed by atoms with van der Waals surface area (Å²) in [7, 11) is 0. The van der Waals surface area contributed by atoms with Crippen molar-refractivity contribution < 1.29 is 0 Å². The normalized spacial score (nSPS) is 13.6. The molecular formula is C10H14Cl2S. The van der Waals surface area contributed by atoms with E-state index in [0.717, 1.165) is 22.7 Å². The minimum atomic E-state index is 0.0925. The van der Waals surface area contributed by atoms with Gasteiger partial charge in [-0.15, -0.1) is 22.9 Å². The molecule has 1 aromatic rings. The van der Waals surface area contributed by atoms with Crippen LogP contribution in [0, 0.1) is 5.92 Å². The van der Waals surface area contributed by atoms with E-state index >= 15 is 0 Å². The van der Waals surface area contributed by atoms with E-state index in [1.807, 2.05) is 11.4 Å². The maximum absolute atomic E-state index is 6.22. The second-order valence-electron chi connectivity index (χ2n) is 3.57. The summed E-state index contributed by atoms with van der Waals surface area (Å²) in [6, 6.07) is 1.91. The van der Waals surface area contributed by atoms with Crippen LogP contribution in [-0.4, -0.2) is 0 Å². The Morgan fingerprint density at radius 2 is 2.08 bits per heavy atom. The SMILES string of the molecule is CC(C)CCC(Cl)c1sccc1Cl.